The highest BCUT2D eigenvalue weighted by Crippen LogP contribution is 2.47. The zero-order valence-corrected chi connectivity index (χ0v) is 17.4. The maximum Gasteiger partial charge on any atom is 0.295 e. The molecule has 0 radical (unpaired) electrons. The summed E-state index contributed by atoms with van der Waals surface area (Å²) in [5, 5.41) is 11.1. The molecule has 0 bridgehead atoms. The van der Waals surface area contributed by atoms with Crippen molar-refractivity contribution < 1.29 is 28.6 Å². The first-order chi connectivity index (χ1) is 15.0. The second-order valence-electron chi connectivity index (χ2n) is 7.73. The maximum absolute atomic E-state index is 13.4. The number of benzene rings is 2. The second kappa shape index (κ2) is 8.41. The van der Waals surface area contributed by atoms with Gasteiger partial charge in [-0.05, 0) is 43.2 Å². The molecule has 1 N–H and O–H groups in total. The smallest absolute Gasteiger partial charge is 0.295 e. The van der Waals surface area contributed by atoms with Gasteiger partial charge < -0.3 is 19.5 Å². The quantitative estimate of drug-likeness (QED) is 0.441. The molecule has 1 aliphatic heterocycles. The van der Waals surface area contributed by atoms with Crippen LogP contribution in [0.3, 0.4) is 0 Å². The van der Waals surface area contributed by atoms with Crippen molar-refractivity contribution in [1.29, 1.82) is 0 Å². The van der Waals surface area contributed by atoms with E-state index in [1.165, 1.54) is 38.5 Å². The average molecular weight is 425 g/mol. The van der Waals surface area contributed by atoms with Crippen molar-refractivity contribution in [3.8, 4) is 11.5 Å². The Morgan fingerprint density at radius 3 is 2.32 bits per heavy atom. The van der Waals surface area contributed by atoms with Crippen molar-refractivity contribution in [2.24, 2.45) is 0 Å². The summed E-state index contributed by atoms with van der Waals surface area (Å²) in [6.45, 7) is 0. The van der Waals surface area contributed by atoms with Crippen molar-refractivity contribution in [3.05, 3.63) is 65.0 Å². The molecule has 1 heterocycles. The van der Waals surface area contributed by atoms with Crippen molar-refractivity contribution in [3.63, 3.8) is 0 Å². The van der Waals surface area contributed by atoms with Gasteiger partial charge in [-0.2, -0.15) is 0 Å². The molecule has 0 spiro atoms. The van der Waals surface area contributed by atoms with Crippen molar-refractivity contribution in [1.82, 2.24) is 4.90 Å². The van der Waals surface area contributed by atoms with Crippen molar-refractivity contribution >= 4 is 17.4 Å². The molecule has 6 nitrogen and oxygen atoms in total. The van der Waals surface area contributed by atoms with E-state index < -0.39 is 23.5 Å². The summed E-state index contributed by atoms with van der Waals surface area (Å²) in [4.78, 5) is 27.8. The highest BCUT2D eigenvalue weighted by atomic mass is 19.1. The van der Waals surface area contributed by atoms with E-state index in [-0.39, 0.29) is 22.9 Å². The molecule has 1 amide bonds. The third kappa shape index (κ3) is 3.54. The number of likely N-dealkylation sites (tertiary alicyclic amines) is 1. The topological polar surface area (TPSA) is 76.1 Å². The number of rotatable bonds is 5. The largest absolute Gasteiger partial charge is 0.507 e. The standard InChI is InChI=1S/C24H24FNO5/c1-30-18-9-5-8-17(23(18)31-2)20-19(21(27)14-10-12-15(25)13-11-14)22(28)24(29)26(20)16-6-3-4-7-16/h5,8-13,16,20,27H,3-4,6-7H2,1-2H3/b21-19-. The van der Waals surface area contributed by atoms with Crippen LogP contribution in [0.1, 0.15) is 42.9 Å². The van der Waals surface area contributed by atoms with Gasteiger partial charge in [0.1, 0.15) is 11.6 Å². The molecular weight excluding hydrogens is 401 g/mol. The molecular formula is C24H24FNO5. The minimum atomic E-state index is -0.835. The van der Waals surface area contributed by atoms with Crippen LogP contribution < -0.4 is 9.47 Å². The Balaban J connectivity index is 1.95. The molecule has 1 saturated heterocycles. The molecule has 1 unspecified atom stereocenters. The van der Waals surface area contributed by atoms with Gasteiger partial charge in [-0.15, -0.1) is 0 Å². The van der Waals surface area contributed by atoms with Gasteiger partial charge in [-0.3, -0.25) is 9.59 Å². The molecule has 1 aliphatic carbocycles. The van der Waals surface area contributed by atoms with Crippen LogP contribution in [0.25, 0.3) is 5.76 Å². The van der Waals surface area contributed by atoms with E-state index in [2.05, 4.69) is 0 Å². The van der Waals surface area contributed by atoms with Crippen LogP contribution in [0.5, 0.6) is 11.5 Å². The van der Waals surface area contributed by atoms with Gasteiger partial charge in [-0.25, -0.2) is 4.39 Å². The van der Waals surface area contributed by atoms with Gasteiger partial charge in [0.05, 0.1) is 25.8 Å². The number of Topliss-reactive ketones (excluding diaryl/α,β-unsaturated/α-hetero) is 1. The number of hydrogen-bond donors (Lipinski definition) is 1. The van der Waals surface area contributed by atoms with E-state index in [0.29, 0.717) is 17.1 Å². The summed E-state index contributed by atoms with van der Waals surface area (Å²) in [6, 6.07) is 9.45. The molecule has 2 aromatic rings. The highest BCUT2D eigenvalue weighted by Gasteiger charge is 2.50. The van der Waals surface area contributed by atoms with Crippen LogP contribution >= 0.6 is 0 Å². The molecule has 31 heavy (non-hydrogen) atoms. The fourth-order valence-corrected chi connectivity index (χ4v) is 4.61. The molecule has 2 aliphatic rings. The Labute approximate surface area is 179 Å². The van der Waals surface area contributed by atoms with Crippen LogP contribution in [0.4, 0.5) is 4.39 Å². The molecule has 2 fully saturated rings. The number of carbonyl (C=O) groups excluding carboxylic acids is 2. The number of nitrogens with zero attached hydrogens (tertiary/aromatic N) is 1. The van der Waals surface area contributed by atoms with E-state index in [0.717, 1.165) is 25.7 Å². The Hall–Kier alpha value is -3.35. The van der Waals surface area contributed by atoms with Gasteiger partial charge in [-0.1, -0.05) is 25.0 Å². The van der Waals surface area contributed by atoms with Gasteiger partial charge in [0.15, 0.2) is 11.5 Å². The first-order valence-electron chi connectivity index (χ1n) is 10.2. The minimum absolute atomic E-state index is 0.0324. The summed E-state index contributed by atoms with van der Waals surface area (Å²) in [6.07, 6.45) is 3.50. The van der Waals surface area contributed by atoms with Gasteiger partial charge in [0.2, 0.25) is 0 Å². The molecule has 7 heteroatoms. The number of amides is 1. The number of carbonyl (C=O) groups is 2. The van der Waals surface area contributed by atoms with Crippen LogP contribution in [0.15, 0.2) is 48.0 Å². The zero-order chi connectivity index (χ0) is 22.1. The Morgan fingerprint density at radius 1 is 1.03 bits per heavy atom. The minimum Gasteiger partial charge on any atom is -0.507 e. The first kappa shape index (κ1) is 20.9. The lowest BCUT2D eigenvalue weighted by Gasteiger charge is -2.31. The summed E-state index contributed by atoms with van der Waals surface area (Å²) < 4.78 is 24.4. The average Bonchev–Trinajstić information content (AvgIpc) is 3.40. The first-order valence-corrected chi connectivity index (χ1v) is 10.2. The second-order valence-corrected chi connectivity index (χ2v) is 7.73. The molecule has 0 aromatic heterocycles. The van der Waals surface area contributed by atoms with E-state index in [1.807, 2.05) is 0 Å². The Morgan fingerprint density at radius 2 is 1.71 bits per heavy atom. The van der Waals surface area contributed by atoms with Gasteiger partial charge in [0, 0.05) is 17.2 Å². The SMILES string of the molecule is COc1cccc(C2/C(=C(/O)c3ccc(F)cc3)C(=O)C(=O)N2C2CCCC2)c1OC. The van der Waals surface area contributed by atoms with Gasteiger partial charge in [0.25, 0.3) is 11.7 Å². The lowest BCUT2D eigenvalue weighted by atomic mass is 9.93. The van der Waals surface area contributed by atoms with Gasteiger partial charge >= 0.3 is 0 Å². The number of ether oxygens (including phenoxy) is 2. The number of methoxy groups -OCH3 is 2. The summed E-state index contributed by atoms with van der Waals surface area (Å²) in [5.74, 6) is -1.36. The van der Waals surface area contributed by atoms with E-state index in [4.69, 9.17) is 9.47 Å². The fourth-order valence-electron chi connectivity index (χ4n) is 4.61. The lowest BCUT2D eigenvalue weighted by molar-refractivity contribution is -0.141. The lowest BCUT2D eigenvalue weighted by Crippen LogP contribution is -2.37. The predicted molar refractivity (Wildman–Crippen MR) is 112 cm³/mol. The molecule has 1 saturated carbocycles. The summed E-state index contributed by atoms with van der Waals surface area (Å²) in [5.41, 5.74) is 0.782. The van der Waals surface area contributed by atoms with Crippen LogP contribution in [0.2, 0.25) is 0 Å². The van der Waals surface area contributed by atoms with E-state index >= 15 is 0 Å². The van der Waals surface area contributed by atoms with E-state index in [9.17, 15) is 19.1 Å². The number of aliphatic hydroxyl groups excluding tert-OH is 1. The Bertz CT molecular complexity index is 1040. The van der Waals surface area contributed by atoms with Crippen LogP contribution in [-0.2, 0) is 9.59 Å². The Kier molecular flexibility index (Phi) is 5.67. The number of ketones is 1. The zero-order valence-electron chi connectivity index (χ0n) is 17.4. The molecule has 2 aromatic carbocycles. The molecule has 4 rings (SSSR count). The third-order valence-corrected chi connectivity index (χ3v) is 6.04. The fraction of sp³-hybridized carbons (Fsp3) is 0.333. The number of aliphatic hydroxyl groups is 1. The number of para-hydroxylation sites is 1. The summed E-state index contributed by atoms with van der Waals surface area (Å²) >= 11 is 0. The van der Waals surface area contributed by atoms with E-state index in [1.54, 1.807) is 23.1 Å². The highest BCUT2D eigenvalue weighted by molar-refractivity contribution is 6.46. The normalized spacial score (nSPS) is 21.0. The predicted octanol–water partition coefficient (Wildman–Crippen LogP) is 4.21. The van der Waals surface area contributed by atoms with Crippen molar-refractivity contribution in [2.75, 3.05) is 14.2 Å². The van der Waals surface area contributed by atoms with Crippen LogP contribution in [-0.4, -0.2) is 42.0 Å². The van der Waals surface area contributed by atoms with Crippen LogP contribution in [0, 0.1) is 5.82 Å². The third-order valence-electron chi connectivity index (χ3n) is 6.04. The number of halogens is 1. The summed E-state index contributed by atoms with van der Waals surface area (Å²) in [7, 11) is 3.00. The van der Waals surface area contributed by atoms with Crippen molar-refractivity contribution in [2.45, 2.75) is 37.8 Å². The maximum atomic E-state index is 13.4. The molecule has 1 atom stereocenters. The number of hydrogen-bond acceptors (Lipinski definition) is 5. The monoisotopic (exact) mass is 425 g/mol. The molecule has 162 valence electrons.